The Balaban J connectivity index is 1.62. The quantitative estimate of drug-likeness (QED) is 0.743. The highest BCUT2D eigenvalue weighted by Gasteiger charge is 2.39. The van der Waals surface area contributed by atoms with E-state index in [1.165, 1.54) is 15.7 Å². The number of aromatic hydroxyl groups is 1. The Labute approximate surface area is 160 Å². The summed E-state index contributed by atoms with van der Waals surface area (Å²) in [6.07, 6.45) is 0.842. The van der Waals surface area contributed by atoms with Gasteiger partial charge in [-0.25, -0.2) is 4.98 Å². The van der Waals surface area contributed by atoms with Crippen molar-refractivity contribution in [3.8, 4) is 5.75 Å². The van der Waals surface area contributed by atoms with Gasteiger partial charge in [-0.2, -0.15) is 0 Å². The number of hydrogen-bond donors (Lipinski definition) is 2. The minimum absolute atomic E-state index is 0.112. The van der Waals surface area contributed by atoms with Gasteiger partial charge in [0.2, 0.25) is 5.43 Å². The summed E-state index contributed by atoms with van der Waals surface area (Å²) >= 11 is 0. The molecule has 1 atom stereocenters. The standard InChI is InChI=1S/C18H21N5O5/c1-9-10(2)21(3)12(20-9)6-19-17(26)11-7-22-8-13-23(4-5-28-13)18(27)14(22)16(25)15(11)24/h7,13,25H,4-6,8H2,1-3H3,(H,19,26). The van der Waals surface area contributed by atoms with Crippen molar-refractivity contribution < 1.29 is 19.4 Å². The molecule has 0 radical (unpaired) electrons. The molecule has 1 fully saturated rings. The molecule has 2 aliphatic rings. The lowest BCUT2D eigenvalue weighted by Gasteiger charge is -2.31. The van der Waals surface area contributed by atoms with Gasteiger partial charge in [0.1, 0.15) is 11.4 Å². The van der Waals surface area contributed by atoms with Gasteiger partial charge in [0.15, 0.2) is 17.7 Å². The number of ether oxygens (including phenoxy) is 1. The largest absolute Gasteiger partial charge is 0.503 e. The number of aromatic nitrogens is 3. The number of nitrogens with one attached hydrogen (secondary N) is 1. The molecule has 0 spiro atoms. The number of aryl methyl sites for hydroxylation is 1. The maximum Gasteiger partial charge on any atom is 0.276 e. The zero-order chi connectivity index (χ0) is 20.2. The van der Waals surface area contributed by atoms with Crippen molar-refractivity contribution in [3.63, 3.8) is 0 Å². The minimum atomic E-state index is -0.872. The van der Waals surface area contributed by atoms with E-state index in [1.54, 1.807) is 0 Å². The van der Waals surface area contributed by atoms with E-state index in [0.29, 0.717) is 19.0 Å². The van der Waals surface area contributed by atoms with Gasteiger partial charge >= 0.3 is 0 Å². The number of carbonyl (C=O) groups is 2. The van der Waals surface area contributed by atoms with E-state index in [1.807, 2.05) is 25.5 Å². The molecule has 2 aromatic heterocycles. The SMILES string of the molecule is Cc1nc(CNC(=O)c2cn3c(c(O)c2=O)C(=O)N2CCOC2C3)n(C)c1C. The van der Waals surface area contributed by atoms with E-state index in [2.05, 4.69) is 10.3 Å². The lowest BCUT2D eigenvalue weighted by Crippen LogP contribution is -2.46. The lowest BCUT2D eigenvalue weighted by atomic mass is 10.1. The molecular formula is C18H21N5O5. The summed E-state index contributed by atoms with van der Waals surface area (Å²) in [6.45, 7) is 4.97. The van der Waals surface area contributed by atoms with Crippen molar-refractivity contribution in [2.45, 2.75) is 33.2 Å². The summed E-state index contributed by atoms with van der Waals surface area (Å²) in [7, 11) is 1.84. The number of hydrogen-bond acceptors (Lipinski definition) is 6. The predicted octanol–water partition coefficient (Wildman–Crippen LogP) is -0.354. The molecule has 4 rings (SSSR count). The monoisotopic (exact) mass is 387 g/mol. The van der Waals surface area contributed by atoms with Gasteiger partial charge in [-0.15, -0.1) is 0 Å². The van der Waals surface area contributed by atoms with E-state index in [9.17, 15) is 19.5 Å². The first-order valence-corrected chi connectivity index (χ1v) is 8.95. The first kappa shape index (κ1) is 18.2. The Kier molecular flexibility index (Phi) is 4.22. The van der Waals surface area contributed by atoms with E-state index in [-0.39, 0.29) is 24.3 Å². The van der Waals surface area contributed by atoms with E-state index < -0.39 is 29.2 Å². The number of imidazole rings is 1. The second kappa shape index (κ2) is 6.48. The second-order valence-corrected chi connectivity index (χ2v) is 6.99. The summed E-state index contributed by atoms with van der Waals surface area (Å²) in [6, 6.07) is 0. The maximum atomic E-state index is 12.6. The highest BCUT2D eigenvalue weighted by atomic mass is 16.5. The molecule has 28 heavy (non-hydrogen) atoms. The zero-order valence-corrected chi connectivity index (χ0v) is 15.9. The van der Waals surface area contributed by atoms with Crippen LogP contribution in [0.4, 0.5) is 0 Å². The number of nitrogens with zero attached hydrogens (tertiary/aromatic N) is 4. The van der Waals surface area contributed by atoms with Gasteiger partial charge in [0.25, 0.3) is 11.8 Å². The van der Waals surface area contributed by atoms with Crippen molar-refractivity contribution >= 4 is 11.8 Å². The van der Waals surface area contributed by atoms with Gasteiger partial charge in [-0.1, -0.05) is 0 Å². The Hall–Kier alpha value is -3.14. The predicted molar refractivity (Wildman–Crippen MR) is 97.0 cm³/mol. The Morgan fingerprint density at radius 2 is 2.14 bits per heavy atom. The molecule has 0 aliphatic carbocycles. The number of amides is 2. The molecule has 2 N–H and O–H groups in total. The second-order valence-electron chi connectivity index (χ2n) is 6.99. The van der Waals surface area contributed by atoms with Gasteiger partial charge in [-0.05, 0) is 13.8 Å². The van der Waals surface area contributed by atoms with Crippen LogP contribution in [-0.4, -0.2) is 55.3 Å². The molecule has 2 aromatic rings. The molecular weight excluding hydrogens is 366 g/mol. The van der Waals surface area contributed by atoms with Crippen LogP contribution >= 0.6 is 0 Å². The number of rotatable bonds is 3. The maximum absolute atomic E-state index is 12.6. The highest BCUT2D eigenvalue weighted by Crippen LogP contribution is 2.26. The molecule has 2 aliphatic heterocycles. The number of fused-ring (bicyclic) bond motifs is 2. The molecule has 4 heterocycles. The van der Waals surface area contributed by atoms with Crippen molar-refractivity contribution in [1.82, 2.24) is 24.3 Å². The van der Waals surface area contributed by atoms with Crippen LogP contribution in [0.3, 0.4) is 0 Å². The fraction of sp³-hybridized carbons (Fsp3) is 0.444. The summed E-state index contributed by atoms with van der Waals surface area (Å²) in [4.78, 5) is 43.5. The average Bonchev–Trinajstić information content (AvgIpc) is 3.23. The topological polar surface area (TPSA) is 119 Å². The van der Waals surface area contributed by atoms with Crippen LogP contribution in [0.15, 0.2) is 11.0 Å². The van der Waals surface area contributed by atoms with E-state index in [0.717, 1.165) is 11.4 Å². The van der Waals surface area contributed by atoms with Crippen LogP contribution in [-0.2, 0) is 24.9 Å². The summed E-state index contributed by atoms with van der Waals surface area (Å²) in [5.41, 5.74) is 0.623. The Bertz CT molecular complexity index is 1050. The normalized spacial score (nSPS) is 18.2. The van der Waals surface area contributed by atoms with Crippen LogP contribution in [0.5, 0.6) is 5.75 Å². The highest BCUT2D eigenvalue weighted by molar-refractivity contribution is 5.99. The van der Waals surface area contributed by atoms with Crippen LogP contribution < -0.4 is 10.7 Å². The van der Waals surface area contributed by atoms with Crippen molar-refractivity contribution in [3.05, 3.63) is 44.9 Å². The summed E-state index contributed by atoms with van der Waals surface area (Å²) in [5, 5.41) is 13.0. The van der Waals surface area contributed by atoms with Crippen molar-refractivity contribution in [2.75, 3.05) is 13.2 Å². The van der Waals surface area contributed by atoms with Crippen LogP contribution in [0.25, 0.3) is 0 Å². The van der Waals surface area contributed by atoms with Crippen LogP contribution in [0.2, 0.25) is 0 Å². The first-order valence-electron chi connectivity index (χ1n) is 8.95. The van der Waals surface area contributed by atoms with Gasteiger partial charge in [0.05, 0.1) is 25.4 Å². The van der Waals surface area contributed by atoms with E-state index >= 15 is 0 Å². The first-order chi connectivity index (χ1) is 13.3. The van der Waals surface area contributed by atoms with Gasteiger partial charge in [-0.3, -0.25) is 14.4 Å². The molecule has 2 amide bonds. The smallest absolute Gasteiger partial charge is 0.276 e. The van der Waals surface area contributed by atoms with E-state index in [4.69, 9.17) is 4.74 Å². The molecule has 1 unspecified atom stereocenters. The minimum Gasteiger partial charge on any atom is -0.503 e. The number of pyridine rings is 1. The Morgan fingerprint density at radius 1 is 1.39 bits per heavy atom. The molecule has 1 saturated heterocycles. The summed E-state index contributed by atoms with van der Waals surface area (Å²) < 4.78 is 8.77. The third kappa shape index (κ3) is 2.68. The lowest BCUT2D eigenvalue weighted by molar-refractivity contribution is 0.00845. The molecule has 0 aromatic carbocycles. The fourth-order valence-electron chi connectivity index (χ4n) is 3.59. The van der Waals surface area contributed by atoms with Gasteiger partial charge < -0.3 is 29.2 Å². The third-order valence-corrected chi connectivity index (χ3v) is 5.42. The number of carbonyl (C=O) groups excluding carboxylic acids is 2. The fourth-order valence-corrected chi connectivity index (χ4v) is 3.59. The third-order valence-electron chi connectivity index (χ3n) is 5.42. The van der Waals surface area contributed by atoms with Gasteiger partial charge in [0, 0.05) is 25.5 Å². The molecule has 0 bridgehead atoms. The average molecular weight is 387 g/mol. The van der Waals surface area contributed by atoms with Crippen molar-refractivity contribution in [2.24, 2.45) is 7.05 Å². The zero-order valence-electron chi connectivity index (χ0n) is 15.9. The van der Waals surface area contributed by atoms with Crippen LogP contribution in [0.1, 0.15) is 38.1 Å². The Morgan fingerprint density at radius 3 is 2.82 bits per heavy atom. The molecule has 10 nitrogen and oxygen atoms in total. The molecule has 0 saturated carbocycles. The molecule has 10 heteroatoms. The summed E-state index contributed by atoms with van der Waals surface area (Å²) in [5.74, 6) is -1.19. The molecule has 148 valence electrons. The van der Waals surface area contributed by atoms with Crippen LogP contribution in [0, 0.1) is 13.8 Å². The van der Waals surface area contributed by atoms with Crippen molar-refractivity contribution in [1.29, 1.82) is 0 Å².